The van der Waals surface area contributed by atoms with Gasteiger partial charge in [0.25, 0.3) is 5.91 Å². The van der Waals surface area contributed by atoms with E-state index >= 15 is 0 Å². The SMILES string of the molecule is CCCNC(=O)N1CCCN(C(=O)c2cc(OC)ccc2OC)CC1. The first kappa shape index (κ1) is 18.9. The van der Waals surface area contributed by atoms with Gasteiger partial charge in [0.2, 0.25) is 0 Å². The van der Waals surface area contributed by atoms with Gasteiger partial charge in [-0.3, -0.25) is 4.79 Å². The molecule has 7 nitrogen and oxygen atoms in total. The molecule has 0 unspecified atom stereocenters. The minimum atomic E-state index is -0.105. The smallest absolute Gasteiger partial charge is 0.317 e. The van der Waals surface area contributed by atoms with Crippen LogP contribution < -0.4 is 14.8 Å². The summed E-state index contributed by atoms with van der Waals surface area (Å²) >= 11 is 0. The maximum atomic E-state index is 12.9. The maximum absolute atomic E-state index is 12.9. The van der Waals surface area contributed by atoms with Gasteiger partial charge in [-0.1, -0.05) is 6.92 Å². The summed E-state index contributed by atoms with van der Waals surface area (Å²) < 4.78 is 10.5. The highest BCUT2D eigenvalue weighted by Gasteiger charge is 2.24. The molecular formula is C18H27N3O4. The summed E-state index contributed by atoms with van der Waals surface area (Å²) in [5.41, 5.74) is 0.478. The minimum Gasteiger partial charge on any atom is -0.497 e. The molecule has 2 rings (SSSR count). The standard InChI is InChI=1S/C18H27N3O4/c1-4-8-19-18(23)21-10-5-9-20(11-12-21)17(22)15-13-14(24-2)6-7-16(15)25-3/h6-7,13H,4-5,8-12H2,1-3H3,(H,19,23). The van der Waals surface area contributed by atoms with Gasteiger partial charge >= 0.3 is 6.03 Å². The topological polar surface area (TPSA) is 71.1 Å². The molecule has 0 spiro atoms. The summed E-state index contributed by atoms with van der Waals surface area (Å²) in [6.07, 6.45) is 1.65. The van der Waals surface area contributed by atoms with Crippen LogP contribution in [0.25, 0.3) is 0 Å². The van der Waals surface area contributed by atoms with E-state index < -0.39 is 0 Å². The lowest BCUT2D eigenvalue weighted by Crippen LogP contribution is -2.42. The molecular weight excluding hydrogens is 322 g/mol. The first-order valence-electron chi connectivity index (χ1n) is 8.64. The average molecular weight is 349 g/mol. The lowest BCUT2D eigenvalue weighted by Gasteiger charge is -2.23. The summed E-state index contributed by atoms with van der Waals surface area (Å²) in [5.74, 6) is 1.03. The molecule has 1 aliphatic rings. The number of carbonyl (C=O) groups is 2. The van der Waals surface area contributed by atoms with Gasteiger partial charge in [0.1, 0.15) is 11.5 Å². The van der Waals surface area contributed by atoms with E-state index in [-0.39, 0.29) is 11.9 Å². The fraction of sp³-hybridized carbons (Fsp3) is 0.556. The highest BCUT2D eigenvalue weighted by Crippen LogP contribution is 2.25. The normalized spacial score (nSPS) is 14.7. The molecule has 1 heterocycles. The predicted molar refractivity (Wildman–Crippen MR) is 95.3 cm³/mol. The van der Waals surface area contributed by atoms with Gasteiger partial charge in [-0.25, -0.2) is 4.79 Å². The van der Waals surface area contributed by atoms with Crippen LogP contribution in [0.1, 0.15) is 30.1 Å². The van der Waals surface area contributed by atoms with Crippen molar-refractivity contribution in [2.24, 2.45) is 0 Å². The summed E-state index contributed by atoms with van der Waals surface area (Å²) in [7, 11) is 3.11. The van der Waals surface area contributed by atoms with Crippen LogP contribution in [-0.2, 0) is 0 Å². The van der Waals surface area contributed by atoms with Gasteiger partial charge in [0, 0.05) is 32.7 Å². The van der Waals surface area contributed by atoms with E-state index in [0.29, 0.717) is 49.8 Å². The molecule has 0 radical (unpaired) electrons. The van der Waals surface area contributed by atoms with E-state index in [1.54, 1.807) is 42.2 Å². The molecule has 3 amide bonds. The van der Waals surface area contributed by atoms with E-state index in [2.05, 4.69) is 5.32 Å². The molecule has 138 valence electrons. The number of hydrogen-bond donors (Lipinski definition) is 1. The zero-order chi connectivity index (χ0) is 18.2. The quantitative estimate of drug-likeness (QED) is 0.882. The van der Waals surface area contributed by atoms with E-state index in [0.717, 1.165) is 12.8 Å². The highest BCUT2D eigenvalue weighted by atomic mass is 16.5. The molecule has 0 aliphatic carbocycles. The number of benzene rings is 1. The molecule has 1 aliphatic heterocycles. The van der Waals surface area contributed by atoms with E-state index in [1.807, 2.05) is 6.92 Å². The van der Waals surface area contributed by atoms with Crippen molar-refractivity contribution in [3.63, 3.8) is 0 Å². The number of nitrogens with zero attached hydrogens (tertiary/aromatic N) is 2. The fourth-order valence-corrected chi connectivity index (χ4v) is 2.82. The second kappa shape index (κ2) is 9.15. The number of hydrogen-bond acceptors (Lipinski definition) is 4. The maximum Gasteiger partial charge on any atom is 0.317 e. The van der Waals surface area contributed by atoms with Crippen molar-refractivity contribution >= 4 is 11.9 Å². The molecule has 1 aromatic carbocycles. The number of methoxy groups -OCH3 is 2. The van der Waals surface area contributed by atoms with Gasteiger partial charge < -0.3 is 24.6 Å². The summed E-state index contributed by atoms with van der Waals surface area (Å²) in [6, 6.07) is 5.12. The molecule has 25 heavy (non-hydrogen) atoms. The Morgan fingerprint density at radius 3 is 2.48 bits per heavy atom. The minimum absolute atomic E-state index is 0.0601. The molecule has 1 N–H and O–H groups in total. The Bertz CT molecular complexity index is 606. The fourth-order valence-electron chi connectivity index (χ4n) is 2.82. The highest BCUT2D eigenvalue weighted by molar-refractivity contribution is 5.97. The van der Waals surface area contributed by atoms with E-state index in [9.17, 15) is 9.59 Å². The number of rotatable bonds is 5. The lowest BCUT2D eigenvalue weighted by molar-refractivity contribution is 0.0758. The second-order valence-electron chi connectivity index (χ2n) is 5.93. The van der Waals surface area contributed by atoms with Crippen LogP contribution in [-0.4, -0.2) is 68.7 Å². The molecule has 7 heteroatoms. The first-order valence-corrected chi connectivity index (χ1v) is 8.64. The summed E-state index contributed by atoms with van der Waals surface area (Å²) in [6.45, 7) is 4.96. The van der Waals surface area contributed by atoms with Crippen LogP contribution in [0.3, 0.4) is 0 Å². The molecule has 0 saturated carbocycles. The molecule has 0 bridgehead atoms. The molecule has 1 fully saturated rings. The van der Waals surface area contributed by atoms with Gasteiger partial charge in [-0.15, -0.1) is 0 Å². The van der Waals surface area contributed by atoms with Crippen molar-refractivity contribution in [2.45, 2.75) is 19.8 Å². The van der Waals surface area contributed by atoms with Crippen molar-refractivity contribution < 1.29 is 19.1 Å². The third kappa shape index (κ3) is 4.78. The average Bonchev–Trinajstić information content (AvgIpc) is 2.91. The number of urea groups is 1. The van der Waals surface area contributed by atoms with Crippen LogP contribution in [0.4, 0.5) is 4.79 Å². The summed E-state index contributed by atoms with van der Waals surface area (Å²) in [5, 5.41) is 2.89. The van der Waals surface area contributed by atoms with Gasteiger partial charge in [0.15, 0.2) is 0 Å². The third-order valence-electron chi connectivity index (χ3n) is 4.23. The van der Waals surface area contributed by atoms with Crippen molar-refractivity contribution in [3.05, 3.63) is 23.8 Å². The number of nitrogens with one attached hydrogen (secondary N) is 1. The Kier molecular flexibility index (Phi) is 6.91. The second-order valence-corrected chi connectivity index (χ2v) is 5.93. The Balaban J connectivity index is 2.07. The van der Waals surface area contributed by atoms with E-state index in [4.69, 9.17) is 9.47 Å². The first-order chi connectivity index (χ1) is 12.1. The zero-order valence-electron chi connectivity index (χ0n) is 15.2. The van der Waals surface area contributed by atoms with Crippen LogP contribution in [0.2, 0.25) is 0 Å². The number of ether oxygens (including phenoxy) is 2. The largest absolute Gasteiger partial charge is 0.497 e. The van der Waals surface area contributed by atoms with Crippen molar-refractivity contribution in [3.8, 4) is 11.5 Å². The third-order valence-corrected chi connectivity index (χ3v) is 4.23. The Hall–Kier alpha value is -2.44. The number of amides is 3. The summed E-state index contributed by atoms with van der Waals surface area (Å²) in [4.78, 5) is 28.6. The molecule has 1 saturated heterocycles. The van der Waals surface area contributed by atoms with Crippen molar-refractivity contribution in [1.29, 1.82) is 0 Å². The Labute approximate surface area is 148 Å². The molecule has 0 aromatic heterocycles. The lowest BCUT2D eigenvalue weighted by atomic mass is 10.1. The number of carbonyl (C=O) groups excluding carboxylic acids is 2. The Morgan fingerprint density at radius 1 is 1.08 bits per heavy atom. The van der Waals surface area contributed by atoms with Crippen LogP contribution in [0, 0.1) is 0 Å². The van der Waals surface area contributed by atoms with Gasteiger partial charge in [-0.2, -0.15) is 0 Å². The van der Waals surface area contributed by atoms with Crippen LogP contribution in [0.5, 0.6) is 11.5 Å². The molecule has 1 aromatic rings. The monoisotopic (exact) mass is 349 g/mol. The van der Waals surface area contributed by atoms with Gasteiger partial charge in [-0.05, 0) is 31.0 Å². The zero-order valence-corrected chi connectivity index (χ0v) is 15.2. The molecule has 0 atom stereocenters. The van der Waals surface area contributed by atoms with Crippen molar-refractivity contribution in [2.75, 3.05) is 46.9 Å². The van der Waals surface area contributed by atoms with Gasteiger partial charge in [0.05, 0.1) is 19.8 Å². The van der Waals surface area contributed by atoms with Crippen LogP contribution in [0.15, 0.2) is 18.2 Å². The van der Waals surface area contributed by atoms with Crippen LogP contribution >= 0.6 is 0 Å². The Morgan fingerprint density at radius 2 is 1.80 bits per heavy atom. The van der Waals surface area contributed by atoms with E-state index in [1.165, 1.54) is 0 Å². The van der Waals surface area contributed by atoms with Crippen molar-refractivity contribution in [1.82, 2.24) is 15.1 Å². The predicted octanol–water partition coefficient (Wildman–Crippen LogP) is 1.97.